The molecule has 31 heavy (non-hydrogen) atoms. The van der Waals surface area contributed by atoms with Gasteiger partial charge in [0.05, 0.1) is 23.8 Å². The van der Waals surface area contributed by atoms with Crippen LogP contribution in [-0.2, 0) is 9.53 Å². The van der Waals surface area contributed by atoms with Gasteiger partial charge in [0.1, 0.15) is 5.75 Å². The molecule has 4 rings (SSSR count). The van der Waals surface area contributed by atoms with Crippen molar-refractivity contribution in [2.24, 2.45) is 4.99 Å². The smallest absolute Gasteiger partial charge is 0.266 e. The van der Waals surface area contributed by atoms with Crippen molar-refractivity contribution >= 4 is 40.3 Å². The van der Waals surface area contributed by atoms with Gasteiger partial charge in [-0.3, -0.25) is 9.69 Å². The summed E-state index contributed by atoms with van der Waals surface area (Å²) in [5.74, 6) is 0.255. The van der Waals surface area contributed by atoms with Crippen LogP contribution in [0.2, 0.25) is 0 Å². The number of nitrogens with zero attached hydrogens (tertiary/aromatic N) is 3. The van der Waals surface area contributed by atoms with E-state index in [1.165, 1.54) is 11.8 Å². The largest absolute Gasteiger partial charge is 0.507 e. The van der Waals surface area contributed by atoms with E-state index in [-0.39, 0.29) is 5.91 Å². The number of amides is 1. The highest BCUT2D eigenvalue weighted by atomic mass is 32.2. The number of phenols is 1. The first-order chi connectivity index (χ1) is 15.0. The second-order valence-corrected chi connectivity index (χ2v) is 8.68. The van der Waals surface area contributed by atoms with Crippen LogP contribution >= 0.6 is 11.8 Å². The van der Waals surface area contributed by atoms with Gasteiger partial charge in [0.2, 0.25) is 0 Å². The van der Waals surface area contributed by atoms with E-state index in [4.69, 9.17) is 9.73 Å². The SMILES string of the molecule is CCN1C(=O)/C(=C/c2cc(C)c(O)c(C)c2)SC1=Nc1ccc(N2CCOCC2)cc1. The number of anilines is 1. The number of hydrogen-bond acceptors (Lipinski definition) is 6. The van der Waals surface area contributed by atoms with E-state index in [2.05, 4.69) is 17.0 Å². The summed E-state index contributed by atoms with van der Waals surface area (Å²) in [5.41, 5.74) is 4.47. The van der Waals surface area contributed by atoms with Crippen LogP contribution in [0, 0.1) is 13.8 Å². The van der Waals surface area contributed by atoms with Gasteiger partial charge in [0, 0.05) is 25.3 Å². The molecular weight excluding hydrogens is 410 g/mol. The monoisotopic (exact) mass is 437 g/mol. The Kier molecular flexibility index (Phi) is 6.34. The van der Waals surface area contributed by atoms with Gasteiger partial charge < -0.3 is 14.7 Å². The fourth-order valence-electron chi connectivity index (χ4n) is 3.76. The number of thioether (sulfide) groups is 1. The third-order valence-electron chi connectivity index (χ3n) is 5.47. The van der Waals surface area contributed by atoms with Gasteiger partial charge in [0.25, 0.3) is 5.91 Å². The lowest BCUT2D eigenvalue weighted by atomic mass is 10.1. The van der Waals surface area contributed by atoms with Gasteiger partial charge >= 0.3 is 0 Å². The van der Waals surface area contributed by atoms with Crippen LogP contribution in [0.15, 0.2) is 46.3 Å². The Morgan fingerprint density at radius 2 is 1.77 bits per heavy atom. The minimum atomic E-state index is -0.0421. The fraction of sp³-hybridized carbons (Fsp3) is 0.333. The van der Waals surface area contributed by atoms with Crippen LogP contribution in [0.5, 0.6) is 5.75 Å². The molecule has 0 aromatic heterocycles. The molecule has 7 heteroatoms. The lowest BCUT2D eigenvalue weighted by Gasteiger charge is -2.28. The Morgan fingerprint density at radius 1 is 1.13 bits per heavy atom. The quantitative estimate of drug-likeness (QED) is 0.715. The molecule has 2 aromatic rings. The highest BCUT2D eigenvalue weighted by Gasteiger charge is 2.32. The maximum atomic E-state index is 12.9. The first kappa shape index (κ1) is 21.5. The zero-order chi connectivity index (χ0) is 22.0. The Labute approximate surface area is 187 Å². The normalized spacial score (nSPS) is 19.6. The van der Waals surface area contributed by atoms with Crippen molar-refractivity contribution < 1.29 is 14.6 Å². The molecular formula is C24H27N3O3S. The van der Waals surface area contributed by atoms with Gasteiger partial charge in [-0.25, -0.2) is 4.99 Å². The van der Waals surface area contributed by atoms with Gasteiger partial charge in [-0.1, -0.05) is 0 Å². The predicted molar refractivity (Wildman–Crippen MR) is 127 cm³/mol. The standard InChI is InChI=1S/C24H27N3O3S/c1-4-27-23(29)21(15-18-13-16(2)22(28)17(3)14-18)31-24(27)25-19-5-7-20(8-6-19)26-9-11-30-12-10-26/h5-8,13-15,28H,4,9-12H2,1-3H3/b21-15-,25-24?. The van der Waals surface area contributed by atoms with Crippen molar-refractivity contribution in [3.8, 4) is 5.75 Å². The van der Waals surface area contributed by atoms with E-state index in [0.29, 0.717) is 22.4 Å². The summed E-state index contributed by atoms with van der Waals surface area (Å²) in [6, 6.07) is 11.9. The number of rotatable bonds is 4. The lowest BCUT2D eigenvalue weighted by molar-refractivity contribution is -0.122. The second kappa shape index (κ2) is 9.16. The predicted octanol–water partition coefficient (Wildman–Crippen LogP) is 4.47. The third-order valence-corrected chi connectivity index (χ3v) is 6.47. The van der Waals surface area contributed by atoms with E-state index in [1.54, 1.807) is 4.90 Å². The first-order valence-electron chi connectivity index (χ1n) is 10.5. The Bertz CT molecular complexity index is 1020. The maximum absolute atomic E-state index is 12.9. The van der Waals surface area contributed by atoms with Gasteiger partial charge in [-0.15, -0.1) is 0 Å². The second-order valence-electron chi connectivity index (χ2n) is 7.67. The molecule has 1 amide bonds. The highest BCUT2D eigenvalue weighted by Crippen LogP contribution is 2.35. The zero-order valence-electron chi connectivity index (χ0n) is 18.1. The number of aryl methyl sites for hydroxylation is 2. The molecule has 0 bridgehead atoms. The Hall–Kier alpha value is -2.77. The maximum Gasteiger partial charge on any atom is 0.266 e. The number of carbonyl (C=O) groups excluding carboxylic acids is 1. The summed E-state index contributed by atoms with van der Waals surface area (Å²) in [5, 5.41) is 10.7. The summed E-state index contributed by atoms with van der Waals surface area (Å²) in [6.45, 7) is 9.53. The van der Waals surface area contributed by atoms with Crippen molar-refractivity contribution in [2.75, 3.05) is 37.7 Å². The number of morpholine rings is 1. The van der Waals surface area contributed by atoms with Crippen molar-refractivity contribution in [1.82, 2.24) is 4.90 Å². The van der Waals surface area contributed by atoms with E-state index >= 15 is 0 Å². The van der Waals surface area contributed by atoms with Gasteiger partial charge in [-0.2, -0.15) is 0 Å². The average molecular weight is 438 g/mol. The number of phenolic OH excluding ortho intramolecular Hbond substituents is 1. The molecule has 2 heterocycles. The topological polar surface area (TPSA) is 65.4 Å². The van der Waals surface area contributed by atoms with E-state index < -0.39 is 0 Å². The average Bonchev–Trinajstić information content (AvgIpc) is 3.07. The fourth-order valence-corrected chi connectivity index (χ4v) is 4.83. The van der Waals surface area contributed by atoms with E-state index in [1.807, 2.05) is 51.1 Å². The molecule has 0 saturated carbocycles. The number of likely N-dealkylation sites (N-methyl/N-ethyl adjacent to an activating group) is 1. The molecule has 162 valence electrons. The van der Waals surface area contributed by atoms with Crippen LogP contribution in [0.4, 0.5) is 11.4 Å². The first-order valence-corrected chi connectivity index (χ1v) is 11.3. The number of benzene rings is 2. The van der Waals surface area contributed by atoms with Gasteiger partial charge in [-0.05, 0) is 91.7 Å². The molecule has 2 saturated heterocycles. The molecule has 2 fully saturated rings. The molecule has 2 aromatic carbocycles. The van der Waals surface area contributed by atoms with Crippen LogP contribution < -0.4 is 4.90 Å². The van der Waals surface area contributed by atoms with Crippen molar-refractivity contribution in [1.29, 1.82) is 0 Å². The molecule has 1 N–H and O–H groups in total. The summed E-state index contributed by atoms with van der Waals surface area (Å²) < 4.78 is 5.42. The van der Waals surface area contributed by atoms with E-state index in [9.17, 15) is 9.90 Å². The van der Waals surface area contributed by atoms with Gasteiger partial charge in [0.15, 0.2) is 5.17 Å². The Morgan fingerprint density at radius 3 is 2.39 bits per heavy atom. The number of carbonyl (C=O) groups is 1. The zero-order valence-corrected chi connectivity index (χ0v) is 18.9. The molecule has 0 unspecified atom stereocenters. The summed E-state index contributed by atoms with van der Waals surface area (Å²) >= 11 is 1.39. The number of amidine groups is 1. The summed E-state index contributed by atoms with van der Waals surface area (Å²) in [4.78, 5) is 22.3. The third kappa shape index (κ3) is 4.62. The van der Waals surface area contributed by atoms with Crippen LogP contribution in [0.25, 0.3) is 6.08 Å². The molecule has 2 aliphatic rings. The van der Waals surface area contributed by atoms with Crippen molar-refractivity contribution in [3.63, 3.8) is 0 Å². The summed E-state index contributed by atoms with van der Waals surface area (Å²) in [7, 11) is 0. The van der Waals surface area contributed by atoms with Crippen LogP contribution in [0.1, 0.15) is 23.6 Å². The number of ether oxygens (including phenoxy) is 1. The highest BCUT2D eigenvalue weighted by molar-refractivity contribution is 8.18. The summed E-state index contributed by atoms with van der Waals surface area (Å²) in [6.07, 6.45) is 1.87. The van der Waals surface area contributed by atoms with Crippen LogP contribution in [0.3, 0.4) is 0 Å². The van der Waals surface area contributed by atoms with Crippen molar-refractivity contribution in [2.45, 2.75) is 20.8 Å². The van der Waals surface area contributed by atoms with Crippen LogP contribution in [-0.4, -0.2) is 53.9 Å². The number of aliphatic imine (C=N–C) groups is 1. The molecule has 6 nitrogen and oxygen atoms in total. The molecule has 0 spiro atoms. The molecule has 0 atom stereocenters. The minimum absolute atomic E-state index is 0.0421. The number of aromatic hydroxyl groups is 1. The number of hydrogen-bond donors (Lipinski definition) is 1. The van der Waals surface area contributed by atoms with Crippen molar-refractivity contribution in [3.05, 3.63) is 58.0 Å². The lowest BCUT2D eigenvalue weighted by Crippen LogP contribution is -2.36. The molecule has 2 aliphatic heterocycles. The molecule has 0 radical (unpaired) electrons. The minimum Gasteiger partial charge on any atom is -0.507 e. The van der Waals surface area contributed by atoms with E-state index in [0.717, 1.165) is 54.4 Å². The Balaban J connectivity index is 1.57. The molecule has 0 aliphatic carbocycles.